The Bertz CT molecular complexity index is 282. The molecule has 0 aliphatic heterocycles. The number of benzene rings is 1. The van der Waals surface area contributed by atoms with Crippen molar-refractivity contribution in [2.75, 3.05) is 0 Å². The van der Waals surface area contributed by atoms with Crippen LogP contribution in [0.25, 0.3) is 0 Å². The van der Waals surface area contributed by atoms with Gasteiger partial charge in [-0.25, -0.2) is 0 Å². The molecule has 0 radical (unpaired) electrons. The normalized spacial score (nSPS) is 11.2. The maximum Gasteiger partial charge on any atom is 0.146 e. The molecule has 0 bridgehead atoms. The van der Waals surface area contributed by atoms with E-state index in [1.165, 1.54) is 18.9 Å². The lowest BCUT2D eigenvalue weighted by Crippen LogP contribution is -2.28. The highest BCUT2D eigenvalue weighted by Crippen LogP contribution is 2.04. The van der Waals surface area contributed by atoms with Crippen LogP contribution in [0.1, 0.15) is 39.2 Å². The Morgan fingerprint density at radius 1 is 1.25 bits per heavy atom. The summed E-state index contributed by atoms with van der Waals surface area (Å²) in [5, 5.41) is 0. The van der Waals surface area contributed by atoms with Crippen LogP contribution in [0.5, 0.6) is 0 Å². The number of rotatable bonds is 4. The highest BCUT2D eigenvalue weighted by atomic mass is 16.1. The number of aryl methyl sites for hydroxylation is 1. The third-order valence-electron chi connectivity index (χ3n) is 2.11. The molecule has 0 saturated carbocycles. The number of carbonyl (C=O) groups excluding carboxylic acids is 1. The first-order valence-electron chi connectivity index (χ1n) is 5.91. The maximum atomic E-state index is 10.8. The summed E-state index contributed by atoms with van der Waals surface area (Å²) in [4.78, 5) is 10.8. The summed E-state index contributed by atoms with van der Waals surface area (Å²) >= 11 is 0. The summed E-state index contributed by atoms with van der Waals surface area (Å²) in [6, 6.07) is 9.76. The fourth-order valence-corrected chi connectivity index (χ4v) is 1.17. The molecular weight excluding hydrogens is 198 g/mol. The second-order valence-electron chi connectivity index (χ2n) is 3.95. The first-order valence-corrected chi connectivity index (χ1v) is 5.91. The van der Waals surface area contributed by atoms with Gasteiger partial charge in [0.25, 0.3) is 0 Å². The van der Waals surface area contributed by atoms with Crippen molar-refractivity contribution in [3.05, 3.63) is 35.9 Å². The molecular formula is C14H23NO. The molecule has 0 heterocycles. The molecule has 1 aromatic rings. The molecule has 90 valence electrons. The minimum atomic E-state index is -0.305. The van der Waals surface area contributed by atoms with E-state index in [0.717, 1.165) is 12.8 Å². The third kappa shape index (κ3) is 7.18. The standard InChI is InChI=1S/C11H15NO.C3H8/c1-9(13)11(12)8-7-10-5-3-2-4-6-10;1-3-2/h2-6,11H,7-8,12H2,1H3;3H2,1-2H3. The van der Waals surface area contributed by atoms with Crippen molar-refractivity contribution < 1.29 is 4.79 Å². The molecule has 0 saturated heterocycles. The molecule has 1 aromatic carbocycles. The van der Waals surface area contributed by atoms with Gasteiger partial charge in [-0.05, 0) is 25.3 Å². The largest absolute Gasteiger partial charge is 0.322 e. The van der Waals surface area contributed by atoms with Crippen LogP contribution in [0.3, 0.4) is 0 Å². The smallest absolute Gasteiger partial charge is 0.146 e. The van der Waals surface area contributed by atoms with E-state index < -0.39 is 0 Å². The SMILES string of the molecule is CC(=O)C(N)CCc1ccccc1.CCC. The predicted molar refractivity (Wildman–Crippen MR) is 69.4 cm³/mol. The van der Waals surface area contributed by atoms with E-state index in [9.17, 15) is 4.79 Å². The van der Waals surface area contributed by atoms with Crippen LogP contribution in [0.15, 0.2) is 30.3 Å². The molecule has 0 aliphatic carbocycles. The fourth-order valence-electron chi connectivity index (χ4n) is 1.17. The molecule has 1 rings (SSSR count). The van der Waals surface area contributed by atoms with Crippen LogP contribution in [-0.2, 0) is 11.2 Å². The zero-order valence-electron chi connectivity index (χ0n) is 10.6. The van der Waals surface area contributed by atoms with Gasteiger partial charge in [0, 0.05) is 0 Å². The maximum absolute atomic E-state index is 10.8. The van der Waals surface area contributed by atoms with Crippen LogP contribution in [0.4, 0.5) is 0 Å². The Morgan fingerprint density at radius 3 is 2.19 bits per heavy atom. The van der Waals surface area contributed by atoms with Crippen molar-refractivity contribution in [3.63, 3.8) is 0 Å². The fraction of sp³-hybridized carbons (Fsp3) is 0.500. The van der Waals surface area contributed by atoms with Gasteiger partial charge in [-0.3, -0.25) is 4.79 Å². The predicted octanol–water partition coefficient (Wildman–Crippen LogP) is 2.95. The number of nitrogens with two attached hydrogens (primary N) is 1. The first kappa shape index (κ1) is 14.8. The Hall–Kier alpha value is -1.15. The highest BCUT2D eigenvalue weighted by molar-refractivity contribution is 5.81. The van der Waals surface area contributed by atoms with Crippen molar-refractivity contribution in [1.82, 2.24) is 0 Å². The summed E-state index contributed by atoms with van der Waals surface area (Å²) < 4.78 is 0. The van der Waals surface area contributed by atoms with Gasteiger partial charge in [-0.1, -0.05) is 50.6 Å². The molecule has 0 aromatic heterocycles. The molecule has 1 atom stereocenters. The second kappa shape index (κ2) is 9.10. The molecule has 0 aliphatic rings. The quantitative estimate of drug-likeness (QED) is 0.849. The number of Topliss-reactive ketones (excluding diaryl/α,β-unsaturated/α-hetero) is 1. The highest BCUT2D eigenvalue weighted by Gasteiger charge is 2.06. The molecule has 16 heavy (non-hydrogen) atoms. The lowest BCUT2D eigenvalue weighted by atomic mass is 10.0. The Labute approximate surface area is 98.9 Å². The number of hydrogen-bond acceptors (Lipinski definition) is 2. The summed E-state index contributed by atoms with van der Waals surface area (Å²) in [5.74, 6) is 0.0657. The van der Waals surface area contributed by atoms with E-state index in [1.54, 1.807) is 0 Å². The number of hydrogen-bond donors (Lipinski definition) is 1. The lowest BCUT2D eigenvalue weighted by molar-refractivity contribution is -0.118. The van der Waals surface area contributed by atoms with E-state index in [-0.39, 0.29) is 11.8 Å². The zero-order chi connectivity index (χ0) is 12.4. The van der Waals surface area contributed by atoms with E-state index in [0.29, 0.717) is 0 Å². The summed E-state index contributed by atoms with van der Waals surface area (Å²) in [5.41, 5.74) is 6.85. The Balaban J connectivity index is 0.000000673. The number of ketones is 1. The van der Waals surface area contributed by atoms with E-state index >= 15 is 0 Å². The van der Waals surface area contributed by atoms with Crippen LogP contribution in [0.2, 0.25) is 0 Å². The molecule has 2 heteroatoms. The average molecular weight is 221 g/mol. The lowest BCUT2D eigenvalue weighted by Gasteiger charge is -2.06. The van der Waals surface area contributed by atoms with E-state index in [2.05, 4.69) is 13.8 Å². The third-order valence-corrected chi connectivity index (χ3v) is 2.11. The molecule has 1 unspecified atom stereocenters. The van der Waals surface area contributed by atoms with Crippen LogP contribution in [0, 0.1) is 0 Å². The summed E-state index contributed by atoms with van der Waals surface area (Å²) in [7, 11) is 0. The van der Waals surface area contributed by atoms with E-state index in [1.807, 2.05) is 30.3 Å². The number of carbonyl (C=O) groups is 1. The van der Waals surface area contributed by atoms with Gasteiger partial charge >= 0.3 is 0 Å². The molecule has 0 amide bonds. The van der Waals surface area contributed by atoms with Gasteiger partial charge < -0.3 is 5.73 Å². The van der Waals surface area contributed by atoms with Crippen molar-refractivity contribution in [3.8, 4) is 0 Å². The van der Waals surface area contributed by atoms with Gasteiger partial charge in [0.15, 0.2) is 0 Å². The minimum Gasteiger partial charge on any atom is -0.322 e. The Morgan fingerprint density at radius 2 is 1.75 bits per heavy atom. The molecule has 2 nitrogen and oxygen atoms in total. The van der Waals surface area contributed by atoms with Gasteiger partial charge in [0.1, 0.15) is 5.78 Å². The van der Waals surface area contributed by atoms with Crippen molar-refractivity contribution in [1.29, 1.82) is 0 Å². The van der Waals surface area contributed by atoms with Gasteiger partial charge in [0.05, 0.1) is 6.04 Å². The Kier molecular flexibility index (Phi) is 8.45. The van der Waals surface area contributed by atoms with Gasteiger partial charge in [-0.2, -0.15) is 0 Å². The van der Waals surface area contributed by atoms with Crippen LogP contribution < -0.4 is 5.73 Å². The van der Waals surface area contributed by atoms with Crippen molar-refractivity contribution >= 4 is 5.78 Å². The first-order chi connectivity index (χ1) is 7.61. The topological polar surface area (TPSA) is 43.1 Å². The van der Waals surface area contributed by atoms with Crippen LogP contribution >= 0.6 is 0 Å². The van der Waals surface area contributed by atoms with Crippen LogP contribution in [-0.4, -0.2) is 11.8 Å². The zero-order valence-corrected chi connectivity index (χ0v) is 10.6. The molecule has 2 N–H and O–H groups in total. The minimum absolute atomic E-state index is 0.0657. The molecule has 0 spiro atoms. The average Bonchev–Trinajstić information content (AvgIpc) is 2.28. The van der Waals surface area contributed by atoms with Crippen molar-refractivity contribution in [2.45, 2.75) is 46.1 Å². The van der Waals surface area contributed by atoms with Gasteiger partial charge in [0.2, 0.25) is 0 Å². The summed E-state index contributed by atoms with van der Waals surface area (Å²) in [6.07, 6.45) is 2.86. The van der Waals surface area contributed by atoms with Gasteiger partial charge in [-0.15, -0.1) is 0 Å². The molecule has 0 fully saturated rings. The van der Waals surface area contributed by atoms with E-state index in [4.69, 9.17) is 5.73 Å². The second-order valence-corrected chi connectivity index (χ2v) is 3.95. The summed E-state index contributed by atoms with van der Waals surface area (Å²) in [6.45, 7) is 5.79. The monoisotopic (exact) mass is 221 g/mol. The van der Waals surface area contributed by atoms with Crippen molar-refractivity contribution in [2.24, 2.45) is 5.73 Å².